The third-order valence-corrected chi connectivity index (χ3v) is 3.27. The standard InChI is InChI=1S/C14H11NO2/c1-15-13(16)10-6-2-4-9-5-3-7-11(14(15)17)12(9)8-10/h2-8,12H,1H3. The van der Waals surface area contributed by atoms with Crippen LogP contribution in [0.4, 0.5) is 0 Å². The van der Waals surface area contributed by atoms with E-state index in [1.807, 2.05) is 30.4 Å². The largest absolute Gasteiger partial charge is 0.278 e. The molecular formula is C14H11NO2. The van der Waals surface area contributed by atoms with Gasteiger partial charge in [0.05, 0.1) is 0 Å². The van der Waals surface area contributed by atoms with Gasteiger partial charge in [0.25, 0.3) is 11.8 Å². The molecule has 3 heteroatoms. The summed E-state index contributed by atoms with van der Waals surface area (Å²) >= 11 is 0. The Kier molecular flexibility index (Phi) is 2.01. The van der Waals surface area contributed by atoms with E-state index in [4.69, 9.17) is 0 Å². The summed E-state index contributed by atoms with van der Waals surface area (Å²) in [6, 6.07) is 0. The topological polar surface area (TPSA) is 37.4 Å². The van der Waals surface area contributed by atoms with Gasteiger partial charge in [0.15, 0.2) is 0 Å². The monoisotopic (exact) mass is 225 g/mol. The summed E-state index contributed by atoms with van der Waals surface area (Å²) in [6.45, 7) is 0. The zero-order chi connectivity index (χ0) is 12.0. The van der Waals surface area contributed by atoms with E-state index in [1.54, 1.807) is 12.2 Å². The summed E-state index contributed by atoms with van der Waals surface area (Å²) in [7, 11) is 1.53. The molecular weight excluding hydrogens is 214 g/mol. The van der Waals surface area contributed by atoms with Gasteiger partial charge in [0, 0.05) is 24.1 Å². The van der Waals surface area contributed by atoms with Gasteiger partial charge in [-0.2, -0.15) is 0 Å². The first-order valence-corrected chi connectivity index (χ1v) is 5.49. The molecule has 0 aromatic heterocycles. The normalized spacial score (nSPS) is 26.1. The smallest absolute Gasteiger partial charge is 0.260 e. The van der Waals surface area contributed by atoms with Crippen LogP contribution in [0.3, 0.4) is 0 Å². The van der Waals surface area contributed by atoms with Crippen molar-refractivity contribution in [2.45, 2.75) is 0 Å². The quantitative estimate of drug-likeness (QED) is 0.586. The first-order valence-electron chi connectivity index (χ1n) is 5.49. The number of hydrogen-bond donors (Lipinski definition) is 0. The summed E-state index contributed by atoms with van der Waals surface area (Å²) in [5, 5.41) is 0. The van der Waals surface area contributed by atoms with Crippen LogP contribution in [0, 0.1) is 5.92 Å². The second kappa shape index (κ2) is 3.42. The molecule has 3 nitrogen and oxygen atoms in total. The van der Waals surface area contributed by atoms with Crippen LogP contribution < -0.4 is 0 Å². The fourth-order valence-corrected chi connectivity index (χ4v) is 2.32. The highest BCUT2D eigenvalue weighted by Crippen LogP contribution is 2.33. The van der Waals surface area contributed by atoms with E-state index < -0.39 is 0 Å². The number of imide groups is 1. The highest BCUT2D eigenvalue weighted by molar-refractivity contribution is 6.13. The molecule has 0 aromatic carbocycles. The van der Waals surface area contributed by atoms with Gasteiger partial charge in [0.1, 0.15) is 0 Å². The van der Waals surface area contributed by atoms with E-state index in [-0.39, 0.29) is 17.7 Å². The average Bonchev–Trinajstić information content (AvgIpc) is 2.61. The molecule has 0 aromatic rings. The molecule has 1 unspecified atom stereocenters. The molecule has 0 spiro atoms. The summed E-state index contributed by atoms with van der Waals surface area (Å²) in [5.74, 6) is -0.542. The minimum Gasteiger partial charge on any atom is -0.278 e. The maximum absolute atomic E-state index is 12.1. The van der Waals surface area contributed by atoms with Crippen molar-refractivity contribution in [2.24, 2.45) is 5.92 Å². The minimum absolute atomic E-state index is 0.0913. The van der Waals surface area contributed by atoms with Crippen molar-refractivity contribution >= 4 is 11.8 Å². The van der Waals surface area contributed by atoms with E-state index in [2.05, 4.69) is 0 Å². The van der Waals surface area contributed by atoms with Crippen LogP contribution in [-0.2, 0) is 9.59 Å². The molecule has 2 bridgehead atoms. The lowest BCUT2D eigenvalue weighted by molar-refractivity contribution is -0.138. The molecule has 0 fully saturated rings. The fourth-order valence-electron chi connectivity index (χ4n) is 2.32. The number of allylic oxidation sites excluding steroid dienone is 7. The van der Waals surface area contributed by atoms with E-state index in [0.717, 1.165) is 5.57 Å². The Labute approximate surface area is 99.1 Å². The van der Waals surface area contributed by atoms with Gasteiger partial charge in [-0.3, -0.25) is 14.5 Å². The van der Waals surface area contributed by atoms with Crippen molar-refractivity contribution in [1.82, 2.24) is 4.90 Å². The molecule has 2 aliphatic carbocycles. The maximum atomic E-state index is 12.1. The van der Waals surface area contributed by atoms with Crippen molar-refractivity contribution in [3.8, 4) is 0 Å². The number of carbonyl (C=O) groups is 2. The molecule has 3 rings (SSSR count). The predicted molar refractivity (Wildman–Crippen MR) is 63.8 cm³/mol. The van der Waals surface area contributed by atoms with Gasteiger partial charge in [-0.05, 0) is 11.6 Å². The lowest BCUT2D eigenvalue weighted by Gasteiger charge is -2.20. The Morgan fingerprint density at radius 2 is 1.82 bits per heavy atom. The van der Waals surface area contributed by atoms with Gasteiger partial charge in [-0.25, -0.2) is 0 Å². The van der Waals surface area contributed by atoms with Crippen LogP contribution in [-0.4, -0.2) is 23.8 Å². The molecule has 0 saturated heterocycles. The molecule has 2 amide bonds. The third-order valence-electron chi connectivity index (χ3n) is 3.27. The SMILES string of the molecule is CN1C(=O)C2=CC3C(=CC=C2)C=CC=C3C1=O. The summed E-state index contributed by atoms with van der Waals surface area (Å²) in [5.41, 5.74) is 2.29. The van der Waals surface area contributed by atoms with Crippen LogP contribution >= 0.6 is 0 Å². The minimum atomic E-state index is -0.240. The first kappa shape index (κ1) is 10.0. The Morgan fingerprint density at radius 1 is 1.06 bits per heavy atom. The third kappa shape index (κ3) is 1.35. The van der Waals surface area contributed by atoms with Crippen LogP contribution in [0.25, 0.3) is 0 Å². The number of nitrogens with zero attached hydrogens (tertiary/aromatic N) is 1. The number of likely N-dealkylation sites (N-methyl/N-ethyl adjacent to an activating group) is 1. The molecule has 0 N–H and O–H groups in total. The Balaban J connectivity index is 2.25. The number of rotatable bonds is 0. The Bertz CT molecular complexity index is 573. The van der Waals surface area contributed by atoms with Gasteiger partial charge < -0.3 is 0 Å². The van der Waals surface area contributed by atoms with Crippen LogP contribution in [0.2, 0.25) is 0 Å². The van der Waals surface area contributed by atoms with Crippen molar-refractivity contribution in [2.75, 3.05) is 7.05 Å². The van der Waals surface area contributed by atoms with Crippen LogP contribution in [0.15, 0.2) is 59.3 Å². The molecule has 0 radical (unpaired) electrons. The number of amides is 2. The van der Waals surface area contributed by atoms with Gasteiger partial charge in [0.2, 0.25) is 0 Å². The van der Waals surface area contributed by atoms with E-state index >= 15 is 0 Å². The van der Waals surface area contributed by atoms with Gasteiger partial charge in [-0.15, -0.1) is 0 Å². The van der Waals surface area contributed by atoms with Gasteiger partial charge >= 0.3 is 0 Å². The summed E-state index contributed by atoms with van der Waals surface area (Å²) in [4.78, 5) is 25.3. The second-order valence-electron chi connectivity index (χ2n) is 4.28. The van der Waals surface area contributed by atoms with E-state index in [0.29, 0.717) is 11.1 Å². The van der Waals surface area contributed by atoms with E-state index in [1.165, 1.54) is 11.9 Å². The molecule has 1 heterocycles. The molecule has 1 atom stereocenters. The van der Waals surface area contributed by atoms with Crippen molar-refractivity contribution in [3.05, 3.63) is 59.3 Å². The summed E-state index contributed by atoms with van der Waals surface area (Å²) in [6.07, 6.45) is 13.0. The highest BCUT2D eigenvalue weighted by Gasteiger charge is 2.33. The fraction of sp³-hybridized carbons (Fsp3) is 0.143. The van der Waals surface area contributed by atoms with Crippen molar-refractivity contribution < 1.29 is 9.59 Å². The Hall–Kier alpha value is -2.16. The van der Waals surface area contributed by atoms with Crippen molar-refractivity contribution in [1.29, 1.82) is 0 Å². The number of hydrogen-bond acceptors (Lipinski definition) is 2. The first-order chi connectivity index (χ1) is 8.18. The van der Waals surface area contributed by atoms with Gasteiger partial charge in [-0.1, -0.05) is 36.5 Å². The Morgan fingerprint density at radius 3 is 2.65 bits per heavy atom. The second-order valence-corrected chi connectivity index (χ2v) is 4.28. The predicted octanol–water partition coefficient (Wildman–Crippen LogP) is 1.52. The summed E-state index contributed by atoms with van der Waals surface area (Å²) < 4.78 is 0. The highest BCUT2D eigenvalue weighted by atomic mass is 16.2. The zero-order valence-electron chi connectivity index (χ0n) is 9.38. The lowest BCUT2D eigenvalue weighted by atomic mass is 9.86. The molecule has 3 aliphatic rings. The molecule has 1 aliphatic heterocycles. The number of carbonyl (C=O) groups excluding carboxylic acids is 2. The maximum Gasteiger partial charge on any atom is 0.260 e. The van der Waals surface area contributed by atoms with Crippen molar-refractivity contribution in [3.63, 3.8) is 0 Å². The van der Waals surface area contributed by atoms with Crippen LogP contribution in [0.5, 0.6) is 0 Å². The molecule has 84 valence electrons. The molecule has 17 heavy (non-hydrogen) atoms. The lowest BCUT2D eigenvalue weighted by Crippen LogP contribution is -2.34. The van der Waals surface area contributed by atoms with E-state index in [9.17, 15) is 9.59 Å². The zero-order valence-corrected chi connectivity index (χ0v) is 9.38. The van der Waals surface area contributed by atoms with Crippen LogP contribution in [0.1, 0.15) is 0 Å². The average molecular weight is 225 g/mol. The molecule has 0 saturated carbocycles.